The molecule has 0 unspecified atom stereocenters. The molecule has 0 spiro atoms. The molecule has 25 heavy (non-hydrogen) atoms. The number of aromatic nitrogens is 2. The van der Waals surface area contributed by atoms with Crippen molar-refractivity contribution in [2.75, 3.05) is 14.1 Å². The molecule has 0 saturated carbocycles. The van der Waals surface area contributed by atoms with Gasteiger partial charge in [0.1, 0.15) is 0 Å². The summed E-state index contributed by atoms with van der Waals surface area (Å²) in [6.07, 6.45) is 0.891. The Morgan fingerprint density at radius 1 is 1.36 bits per heavy atom. The summed E-state index contributed by atoms with van der Waals surface area (Å²) in [6.45, 7) is 2.18. The number of amides is 2. The molecule has 1 aliphatic rings. The van der Waals surface area contributed by atoms with Crippen LogP contribution in [-0.4, -0.2) is 45.9 Å². The SMILES string of the molecule is CCc1noc(CN(C)C(=O)[C@@H]2CC(=O)N(C)[C@H]2c2ccccc2)n1. The molecule has 2 aromatic rings. The van der Waals surface area contributed by atoms with E-state index in [0.717, 1.165) is 5.56 Å². The Morgan fingerprint density at radius 3 is 2.72 bits per heavy atom. The van der Waals surface area contributed by atoms with Crippen LogP contribution in [0.25, 0.3) is 0 Å². The van der Waals surface area contributed by atoms with Crippen molar-refractivity contribution >= 4 is 11.8 Å². The largest absolute Gasteiger partial charge is 0.338 e. The molecule has 1 aliphatic heterocycles. The van der Waals surface area contributed by atoms with Crippen LogP contribution >= 0.6 is 0 Å². The third-order valence-electron chi connectivity index (χ3n) is 4.62. The number of aryl methyl sites for hydroxylation is 1. The molecule has 7 heteroatoms. The highest BCUT2D eigenvalue weighted by Crippen LogP contribution is 2.37. The third kappa shape index (κ3) is 3.40. The smallest absolute Gasteiger partial charge is 0.246 e. The van der Waals surface area contributed by atoms with Crippen molar-refractivity contribution in [2.24, 2.45) is 5.92 Å². The summed E-state index contributed by atoms with van der Waals surface area (Å²) in [5.41, 5.74) is 0.966. The van der Waals surface area contributed by atoms with E-state index in [1.165, 1.54) is 0 Å². The van der Waals surface area contributed by atoms with E-state index in [2.05, 4.69) is 10.1 Å². The molecule has 132 valence electrons. The van der Waals surface area contributed by atoms with E-state index < -0.39 is 5.92 Å². The second-order valence-electron chi connectivity index (χ2n) is 6.32. The molecule has 1 fully saturated rings. The van der Waals surface area contributed by atoms with Crippen molar-refractivity contribution in [1.29, 1.82) is 0 Å². The van der Waals surface area contributed by atoms with Gasteiger partial charge in [0.25, 0.3) is 0 Å². The van der Waals surface area contributed by atoms with Crippen LogP contribution in [0.4, 0.5) is 0 Å². The van der Waals surface area contributed by atoms with E-state index in [1.54, 1.807) is 23.9 Å². The number of carbonyl (C=O) groups is 2. The summed E-state index contributed by atoms with van der Waals surface area (Å²) in [4.78, 5) is 32.6. The number of benzene rings is 1. The minimum atomic E-state index is -0.418. The monoisotopic (exact) mass is 342 g/mol. The average Bonchev–Trinajstić information content (AvgIpc) is 3.19. The first-order valence-electron chi connectivity index (χ1n) is 8.38. The van der Waals surface area contributed by atoms with Crippen molar-refractivity contribution in [3.63, 3.8) is 0 Å². The molecule has 0 aliphatic carbocycles. The van der Waals surface area contributed by atoms with Crippen LogP contribution in [-0.2, 0) is 22.6 Å². The Morgan fingerprint density at radius 2 is 2.08 bits per heavy atom. The lowest BCUT2D eigenvalue weighted by Crippen LogP contribution is -2.35. The molecule has 1 aromatic carbocycles. The van der Waals surface area contributed by atoms with E-state index in [1.807, 2.05) is 37.3 Å². The van der Waals surface area contributed by atoms with Crippen molar-refractivity contribution in [3.05, 3.63) is 47.6 Å². The summed E-state index contributed by atoms with van der Waals surface area (Å²) in [6, 6.07) is 9.41. The molecule has 7 nitrogen and oxygen atoms in total. The zero-order chi connectivity index (χ0) is 18.0. The summed E-state index contributed by atoms with van der Waals surface area (Å²) >= 11 is 0. The number of rotatable bonds is 5. The van der Waals surface area contributed by atoms with Crippen LogP contribution in [0.5, 0.6) is 0 Å². The van der Waals surface area contributed by atoms with Gasteiger partial charge in [-0.1, -0.05) is 42.4 Å². The number of hydrogen-bond donors (Lipinski definition) is 0. The molecule has 0 radical (unpaired) electrons. The second kappa shape index (κ2) is 7.04. The zero-order valence-electron chi connectivity index (χ0n) is 14.7. The number of likely N-dealkylation sites (tertiary alicyclic amines) is 1. The average molecular weight is 342 g/mol. The van der Waals surface area contributed by atoms with Gasteiger partial charge in [-0.3, -0.25) is 9.59 Å². The molecule has 0 N–H and O–H groups in total. The normalized spacial score (nSPS) is 20.1. The highest BCUT2D eigenvalue weighted by atomic mass is 16.5. The Bertz CT molecular complexity index is 759. The molecule has 2 heterocycles. The van der Waals surface area contributed by atoms with Gasteiger partial charge in [0.2, 0.25) is 17.7 Å². The summed E-state index contributed by atoms with van der Waals surface area (Å²) in [7, 11) is 3.45. The molecule has 1 aromatic heterocycles. The Balaban J connectivity index is 1.78. The first-order valence-corrected chi connectivity index (χ1v) is 8.38. The van der Waals surface area contributed by atoms with Crippen LogP contribution in [0, 0.1) is 5.92 Å². The quantitative estimate of drug-likeness (QED) is 0.828. The first-order chi connectivity index (χ1) is 12.0. The Hall–Kier alpha value is -2.70. The molecule has 2 amide bonds. The standard InChI is InChI=1S/C18H22N4O3/c1-4-14-19-15(25-20-14)11-21(2)18(24)13-10-16(23)22(3)17(13)12-8-6-5-7-9-12/h5-9,13,17H,4,10-11H2,1-3H3/t13-,17+/m1/s1. The minimum absolute atomic E-state index is 0.0216. The number of hydrogen-bond acceptors (Lipinski definition) is 5. The van der Waals surface area contributed by atoms with Crippen LogP contribution < -0.4 is 0 Å². The van der Waals surface area contributed by atoms with E-state index in [4.69, 9.17) is 4.52 Å². The highest BCUT2D eigenvalue weighted by molar-refractivity contribution is 5.90. The van der Waals surface area contributed by atoms with Crippen molar-refractivity contribution in [2.45, 2.75) is 32.4 Å². The lowest BCUT2D eigenvalue weighted by atomic mass is 9.92. The Kier molecular flexibility index (Phi) is 4.83. The van der Waals surface area contributed by atoms with Crippen molar-refractivity contribution in [3.8, 4) is 0 Å². The van der Waals surface area contributed by atoms with Gasteiger partial charge >= 0.3 is 0 Å². The molecular weight excluding hydrogens is 320 g/mol. The van der Waals surface area contributed by atoms with Gasteiger partial charge in [0, 0.05) is 26.9 Å². The van der Waals surface area contributed by atoms with Gasteiger partial charge in [0.15, 0.2) is 5.82 Å². The predicted octanol–water partition coefficient (Wildman–Crippen LogP) is 1.81. The minimum Gasteiger partial charge on any atom is -0.338 e. The summed E-state index contributed by atoms with van der Waals surface area (Å²) < 4.78 is 5.16. The van der Waals surface area contributed by atoms with Gasteiger partial charge in [-0.05, 0) is 5.56 Å². The van der Waals surface area contributed by atoms with Gasteiger partial charge in [-0.25, -0.2) is 0 Å². The molecule has 1 saturated heterocycles. The molecule has 3 rings (SSSR count). The lowest BCUT2D eigenvalue weighted by Gasteiger charge is -2.27. The predicted molar refractivity (Wildman–Crippen MR) is 90.2 cm³/mol. The fourth-order valence-electron chi connectivity index (χ4n) is 3.26. The lowest BCUT2D eigenvalue weighted by molar-refractivity contribution is -0.136. The van der Waals surface area contributed by atoms with E-state index in [0.29, 0.717) is 18.1 Å². The van der Waals surface area contributed by atoms with E-state index in [-0.39, 0.29) is 30.8 Å². The Labute approximate surface area is 146 Å². The molecule has 2 atom stereocenters. The van der Waals surface area contributed by atoms with Gasteiger partial charge in [-0.15, -0.1) is 0 Å². The van der Waals surface area contributed by atoms with Crippen LogP contribution in [0.1, 0.15) is 36.7 Å². The summed E-state index contributed by atoms with van der Waals surface area (Å²) in [5, 5.41) is 3.84. The maximum Gasteiger partial charge on any atom is 0.246 e. The fraction of sp³-hybridized carbons (Fsp3) is 0.444. The van der Waals surface area contributed by atoms with Gasteiger partial charge in [0.05, 0.1) is 18.5 Å². The van der Waals surface area contributed by atoms with Crippen LogP contribution in [0.2, 0.25) is 0 Å². The van der Waals surface area contributed by atoms with Crippen molar-refractivity contribution < 1.29 is 14.1 Å². The third-order valence-corrected chi connectivity index (χ3v) is 4.62. The first kappa shape index (κ1) is 17.1. The summed E-state index contributed by atoms with van der Waals surface area (Å²) in [5.74, 6) is 0.489. The van der Waals surface area contributed by atoms with E-state index >= 15 is 0 Å². The molecule has 0 bridgehead atoms. The zero-order valence-corrected chi connectivity index (χ0v) is 14.7. The van der Waals surface area contributed by atoms with Gasteiger partial charge in [-0.2, -0.15) is 4.98 Å². The van der Waals surface area contributed by atoms with Crippen LogP contribution in [0.15, 0.2) is 34.9 Å². The van der Waals surface area contributed by atoms with Gasteiger partial charge < -0.3 is 14.3 Å². The topological polar surface area (TPSA) is 79.5 Å². The maximum absolute atomic E-state index is 13.0. The van der Waals surface area contributed by atoms with Crippen LogP contribution in [0.3, 0.4) is 0 Å². The number of carbonyl (C=O) groups excluding carboxylic acids is 2. The fourth-order valence-corrected chi connectivity index (χ4v) is 3.26. The molecular formula is C18H22N4O3. The highest BCUT2D eigenvalue weighted by Gasteiger charge is 2.43. The maximum atomic E-state index is 13.0. The van der Waals surface area contributed by atoms with Crippen molar-refractivity contribution in [1.82, 2.24) is 19.9 Å². The second-order valence-corrected chi connectivity index (χ2v) is 6.32. The van der Waals surface area contributed by atoms with E-state index in [9.17, 15) is 9.59 Å². The number of nitrogens with zero attached hydrogens (tertiary/aromatic N) is 4.